The fourth-order valence-electron chi connectivity index (χ4n) is 4.87. The average Bonchev–Trinajstić information content (AvgIpc) is 3.32. The molecular weight excluding hydrogens is 695 g/mol. The van der Waals surface area contributed by atoms with Crippen molar-refractivity contribution in [3.05, 3.63) is 112 Å². The number of thiazole rings is 1. The van der Waals surface area contributed by atoms with E-state index in [0.29, 0.717) is 53.6 Å². The highest BCUT2D eigenvalue weighted by Crippen LogP contribution is 2.36. The molecule has 0 radical (unpaired) electrons. The maximum atomic E-state index is 14.2. The van der Waals surface area contributed by atoms with Gasteiger partial charge in [-0.25, -0.2) is 9.79 Å². The summed E-state index contributed by atoms with van der Waals surface area (Å²) in [5.41, 5.74) is 2.48. The standard InChI is InChI=1S/C33H29IN2O7S/c1-5-41-25-17-20(16-24(34)30(25)43-19(3)37)18-26-31(38)36-29(22-12-14-23(40-4)15-13-22)27(32(39)42-6-2)28(35-33(36)44-26)21-10-8-7-9-11-21/h7-18,29H,5-6H2,1-4H3/b26-18-/t29-/m1/s1. The summed E-state index contributed by atoms with van der Waals surface area (Å²) in [6.45, 7) is 5.42. The van der Waals surface area contributed by atoms with E-state index in [-0.39, 0.29) is 17.7 Å². The lowest BCUT2D eigenvalue weighted by Gasteiger charge is -2.26. The van der Waals surface area contributed by atoms with Crippen LogP contribution in [0.2, 0.25) is 0 Å². The van der Waals surface area contributed by atoms with E-state index >= 15 is 0 Å². The fourth-order valence-corrected chi connectivity index (χ4v) is 6.61. The molecule has 1 aromatic heterocycles. The first-order valence-electron chi connectivity index (χ1n) is 13.8. The van der Waals surface area contributed by atoms with Gasteiger partial charge in [0.15, 0.2) is 16.3 Å². The quantitative estimate of drug-likeness (QED) is 0.138. The highest BCUT2D eigenvalue weighted by molar-refractivity contribution is 14.1. The van der Waals surface area contributed by atoms with Crippen LogP contribution in [0.15, 0.2) is 82.1 Å². The van der Waals surface area contributed by atoms with E-state index in [1.165, 1.54) is 18.3 Å². The van der Waals surface area contributed by atoms with E-state index < -0.39 is 18.0 Å². The molecule has 0 spiro atoms. The number of carbonyl (C=O) groups excluding carboxylic acids is 2. The minimum atomic E-state index is -0.806. The zero-order valence-corrected chi connectivity index (χ0v) is 27.4. The van der Waals surface area contributed by atoms with Crippen LogP contribution in [0.3, 0.4) is 0 Å². The highest BCUT2D eigenvalue weighted by Gasteiger charge is 2.35. The summed E-state index contributed by atoms with van der Waals surface area (Å²) in [4.78, 5) is 44.8. The van der Waals surface area contributed by atoms with Crippen molar-refractivity contribution in [3.8, 4) is 17.2 Å². The van der Waals surface area contributed by atoms with Crippen LogP contribution < -0.4 is 29.1 Å². The zero-order chi connectivity index (χ0) is 31.4. The third kappa shape index (κ3) is 6.34. The third-order valence-corrected chi connectivity index (χ3v) is 8.46. The number of ether oxygens (including phenoxy) is 4. The van der Waals surface area contributed by atoms with Gasteiger partial charge >= 0.3 is 11.9 Å². The van der Waals surface area contributed by atoms with Crippen LogP contribution in [0.5, 0.6) is 17.2 Å². The minimum Gasteiger partial charge on any atom is -0.497 e. The SMILES string of the molecule is CCOC(=O)C1=C(c2ccccc2)N=c2s/c(=C\c3cc(I)c(OC(C)=O)c(OCC)c3)c(=O)n2[C@@H]1c1ccc(OC)cc1. The van der Waals surface area contributed by atoms with Crippen LogP contribution in [-0.2, 0) is 14.3 Å². The van der Waals surface area contributed by atoms with E-state index in [2.05, 4.69) is 22.6 Å². The Balaban J connectivity index is 1.77. The molecule has 0 aliphatic carbocycles. The number of methoxy groups -OCH3 is 1. The number of hydrogen-bond acceptors (Lipinski definition) is 9. The van der Waals surface area contributed by atoms with Gasteiger partial charge in [-0.3, -0.25) is 14.2 Å². The predicted molar refractivity (Wildman–Crippen MR) is 176 cm³/mol. The average molecular weight is 725 g/mol. The Kier molecular flexibility index (Phi) is 9.64. The number of benzene rings is 3. The number of carbonyl (C=O) groups is 2. The molecule has 1 atom stereocenters. The van der Waals surface area contributed by atoms with Crippen LogP contribution in [0, 0.1) is 3.57 Å². The van der Waals surface area contributed by atoms with Gasteiger partial charge in [0.2, 0.25) is 0 Å². The van der Waals surface area contributed by atoms with Gasteiger partial charge in [-0.05, 0) is 77.9 Å². The number of nitrogens with zero attached hydrogens (tertiary/aromatic N) is 2. The highest BCUT2D eigenvalue weighted by atomic mass is 127. The van der Waals surface area contributed by atoms with Gasteiger partial charge in [0, 0.05) is 12.5 Å². The van der Waals surface area contributed by atoms with Crippen molar-refractivity contribution in [1.82, 2.24) is 4.57 Å². The number of halogens is 1. The van der Waals surface area contributed by atoms with E-state index in [1.54, 1.807) is 48.9 Å². The predicted octanol–water partition coefficient (Wildman–Crippen LogP) is 4.87. The molecule has 5 rings (SSSR count). The Morgan fingerprint density at radius 2 is 1.77 bits per heavy atom. The first-order valence-corrected chi connectivity index (χ1v) is 15.7. The van der Waals surface area contributed by atoms with Gasteiger partial charge < -0.3 is 18.9 Å². The maximum Gasteiger partial charge on any atom is 0.338 e. The monoisotopic (exact) mass is 724 g/mol. The number of aromatic nitrogens is 1. The summed E-state index contributed by atoms with van der Waals surface area (Å²) in [6.07, 6.45) is 1.74. The minimum absolute atomic E-state index is 0.161. The summed E-state index contributed by atoms with van der Waals surface area (Å²) in [5, 5.41) is 0. The molecule has 44 heavy (non-hydrogen) atoms. The summed E-state index contributed by atoms with van der Waals surface area (Å²) in [6, 6.07) is 19.3. The second-order valence-corrected chi connectivity index (χ2v) is 11.7. The third-order valence-electron chi connectivity index (χ3n) is 6.68. The topological polar surface area (TPSA) is 105 Å². The number of esters is 2. The van der Waals surface area contributed by atoms with Gasteiger partial charge in [-0.2, -0.15) is 0 Å². The second kappa shape index (κ2) is 13.6. The molecular formula is C33H29IN2O7S. The summed E-state index contributed by atoms with van der Waals surface area (Å²) >= 11 is 3.29. The molecule has 0 fully saturated rings. The van der Waals surface area contributed by atoms with Gasteiger partial charge in [-0.1, -0.05) is 53.8 Å². The number of hydrogen-bond donors (Lipinski definition) is 0. The lowest BCUT2D eigenvalue weighted by atomic mass is 9.93. The molecule has 0 amide bonds. The second-order valence-electron chi connectivity index (χ2n) is 9.56. The Bertz CT molecular complexity index is 1930. The van der Waals surface area contributed by atoms with Crippen molar-refractivity contribution in [3.63, 3.8) is 0 Å². The van der Waals surface area contributed by atoms with Crippen LogP contribution in [0.4, 0.5) is 0 Å². The Labute approximate surface area is 271 Å². The van der Waals surface area contributed by atoms with Gasteiger partial charge in [0.05, 0.1) is 45.7 Å². The maximum absolute atomic E-state index is 14.2. The van der Waals surface area contributed by atoms with Gasteiger partial charge in [-0.15, -0.1) is 0 Å². The summed E-state index contributed by atoms with van der Waals surface area (Å²) < 4.78 is 24.6. The van der Waals surface area contributed by atoms with Gasteiger partial charge in [0.25, 0.3) is 5.56 Å². The van der Waals surface area contributed by atoms with Crippen molar-refractivity contribution < 1.29 is 28.5 Å². The van der Waals surface area contributed by atoms with Crippen LogP contribution in [0.25, 0.3) is 11.8 Å². The van der Waals surface area contributed by atoms with Crippen LogP contribution >= 0.6 is 33.9 Å². The molecule has 11 heteroatoms. The molecule has 226 valence electrons. The first kappa shape index (κ1) is 31.2. The van der Waals surface area contributed by atoms with Crippen molar-refractivity contribution in [2.45, 2.75) is 26.8 Å². The number of fused-ring (bicyclic) bond motifs is 1. The lowest BCUT2D eigenvalue weighted by Crippen LogP contribution is -2.40. The van der Waals surface area contributed by atoms with E-state index in [4.69, 9.17) is 23.9 Å². The largest absolute Gasteiger partial charge is 0.497 e. The molecule has 4 aromatic rings. The lowest BCUT2D eigenvalue weighted by molar-refractivity contribution is -0.139. The van der Waals surface area contributed by atoms with E-state index in [0.717, 1.165) is 5.56 Å². The molecule has 2 heterocycles. The van der Waals surface area contributed by atoms with E-state index in [1.807, 2.05) is 49.4 Å². The molecule has 9 nitrogen and oxygen atoms in total. The summed E-state index contributed by atoms with van der Waals surface area (Å²) in [5.74, 6) is 0.339. The van der Waals surface area contributed by atoms with Crippen molar-refractivity contribution >= 4 is 57.6 Å². The summed E-state index contributed by atoms with van der Waals surface area (Å²) in [7, 11) is 1.58. The molecule has 0 unspecified atom stereocenters. The molecule has 0 saturated heterocycles. The van der Waals surface area contributed by atoms with Crippen molar-refractivity contribution in [1.29, 1.82) is 0 Å². The molecule has 1 aliphatic heterocycles. The van der Waals surface area contributed by atoms with Crippen LogP contribution in [0.1, 0.15) is 43.5 Å². The Hall–Kier alpha value is -4.23. The van der Waals surface area contributed by atoms with Crippen LogP contribution in [-0.4, -0.2) is 36.8 Å². The molecule has 3 aromatic carbocycles. The number of rotatable bonds is 9. The molecule has 0 bridgehead atoms. The van der Waals surface area contributed by atoms with Gasteiger partial charge in [0.1, 0.15) is 5.75 Å². The Morgan fingerprint density at radius 1 is 1.05 bits per heavy atom. The first-order chi connectivity index (χ1) is 21.2. The normalized spacial score (nSPS) is 14.5. The zero-order valence-electron chi connectivity index (χ0n) is 24.5. The molecule has 0 saturated carbocycles. The smallest absolute Gasteiger partial charge is 0.338 e. The molecule has 0 N–H and O–H groups in total. The fraction of sp³-hybridized carbons (Fsp3) is 0.212. The van der Waals surface area contributed by atoms with E-state index in [9.17, 15) is 14.4 Å². The molecule has 1 aliphatic rings. The van der Waals surface area contributed by atoms with Crippen molar-refractivity contribution in [2.75, 3.05) is 20.3 Å². The Morgan fingerprint density at radius 3 is 2.41 bits per heavy atom. The van der Waals surface area contributed by atoms with Crippen molar-refractivity contribution in [2.24, 2.45) is 4.99 Å².